The Morgan fingerprint density at radius 2 is 1.86 bits per heavy atom. The lowest BCUT2D eigenvalue weighted by atomic mass is 9.97. The molecule has 0 unspecified atom stereocenters. The molecule has 1 aliphatic rings. The molecule has 0 aromatic carbocycles. The minimum absolute atomic E-state index is 0.0431. The molecule has 7 nitrogen and oxygen atoms in total. The van der Waals surface area contributed by atoms with Crippen LogP contribution in [0.2, 0.25) is 0 Å². The fourth-order valence-corrected chi connectivity index (χ4v) is 4.61. The second-order valence-electron chi connectivity index (χ2n) is 7.07. The highest BCUT2D eigenvalue weighted by Crippen LogP contribution is 2.36. The molecule has 0 atom stereocenters. The maximum absolute atomic E-state index is 12.6. The van der Waals surface area contributed by atoms with Crippen LogP contribution in [0.15, 0.2) is 24.7 Å². The Hall–Kier alpha value is -2.74. The van der Waals surface area contributed by atoms with Gasteiger partial charge in [-0.25, -0.2) is 19.9 Å². The standard InChI is InChI=1S/C20H22N6OS/c1-12-10-23-17(11-22-12)20(27)26-8-5-15(6-9-26)19-24-13(2)18(28-19)16-4-7-21-14(3)25-16/h4,7,10-11,15H,5-6,8-9H2,1-3H3. The van der Waals surface area contributed by atoms with E-state index in [0.717, 1.165) is 45.6 Å². The number of carbonyl (C=O) groups is 1. The van der Waals surface area contributed by atoms with Crippen LogP contribution >= 0.6 is 11.3 Å². The molecule has 0 spiro atoms. The maximum atomic E-state index is 12.6. The lowest BCUT2D eigenvalue weighted by molar-refractivity contribution is 0.0706. The van der Waals surface area contributed by atoms with Gasteiger partial charge >= 0.3 is 0 Å². The fourth-order valence-electron chi connectivity index (χ4n) is 3.41. The van der Waals surface area contributed by atoms with E-state index in [1.807, 2.05) is 31.7 Å². The van der Waals surface area contributed by atoms with Gasteiger partial charge in [-0.15, -0.1) is 11.3 Å². The zero-order chi connectivity index (χ0) is 19.7. The smallest absolute Gasteiger partial charge is 0.274 e. The van der Waals surface area contributed by atoms with Crippen molar-refractivity contribution >= 4 is 17.2 Å². The summed E-state index contributed by atoms with van der Waals surface area (Å²) in [5, 5.41) is 1.13. The van der Waals surface area contributed by atoms with E-state index in [1.165, 1.54) is 0 Å². The number of thiazole rings is 1. The molecular weight excluding hydrogens is 372 g/mol. The van der Waals surface area contributed by atoms with Crippen molar-refractivity contribution in [2.24, 2.45) is 0 Å². The maximum Gasteiger partial charge on any atom is 0.274 e. The Bertz CT molecular complexity index is 992. The Balaban J connectivity index is 1.45. The fraction of sp³-hybridized carbons (Fsp3) is 0.400. The monoisotopic (exact) mass is 394 g/mol. The van der Waals surface area contributed by atoms with E-state index in [-0.39, 0.29) is 5.91 Å². The zero-order valence-electron chi connectivity index (χ0n) is 16.2. The number of amides is 1. The molecule has 3 aromatic rings. The van der Waals surface area contributed by atoms with Gasteiger partial charge in [-0.05, 0) is 39.7 Å². The molecule has 0 radical (unpaired) electrons. The van der Waals surface area contributed by atoms with Crippen LogP contribution in [-0.4, -0.2) is 48.8 Å². The Labute approximate surface area is 167 Å². The van der Waals surface area contributed by atoms with Gasteiger partial charge in [-0.3, -0.25) is 9.78 Å². The van der Waals surface area contributed by atoms with Gasteiger partial charge in [0.15, 0.2) is 0 Å². The van der Waals surface area contributed by atoms with E-state index < -0.39 is 0 Å². The first-order chi connectivity index (χ1) is 13.5. The lowest BCUT2D eigenvalue weighted by Crippen LogP contribution is -2.38. The van der Waals surface area contributed by atoms with E-state index in [0.29, 0.717) is 24.7 Å². The van der Waals surface area contributed by atoms with Gasteiger partial charge in [0.05, 0.1) is 33.2 Å². The number of aryl methyl sites for hydroxylation is 3. The first-order valence-electron chi connectivity index (χ1n) is 9.36. The van der Waals surface area contributed by atoms with Crippen LogP contribution in [0.25, 0.3) is 10.6 Å². The summed E-state index contributed by atoms with van der Waals surface area (Å²) in [4.78, 5) is 37.5. The third-order valence-electron chi connectivity index (χ3n) is 4.95. The van der Waals surface area contributed by atoms with Crippen molar-refractivity contribution in [2.45, 2.75) is 39.5 Å². The Morgan fingerprint density at radius 1 is 1.07 bits per heavy atom. The minimum Gasteiger partial charge on any atom is -0.337 e. The van der Waals surface area contributed by atoms with Crippen LogP contribution in [0, 0.1) is 20.8 Å². The third-order valence-corrected chi connectivity index (χ3v) is 6.30. The number of hydrogen-bond acceptors (Lipinski definition) is 7. The molecule has 1 amide bonds. The highest BCUT2D eigenvalue weighted by Gasteiger charge is 2.28. The number of aromatic nitrogens is 5. The van der Waals surface area contributed by atoms with Crippen molar-refractivity contribution in [3.8, 4) is 10.6 Å². The molecule has 3 aromatic heterocycles. The molecule has 1 saturated heterocycles. The highest BCUT2D eigenvalue weighted by atomic mass is 32.1. The van der Waals surface area contributed by atoms with E-state index in [9.17, 15) is 4.79 Å². The average molecular weight is 395 g/mol. The second-order valence-corrected chi connectivity index (χ2v) is 8.10. The lowest BCUT2D eigenvalue weighted by Gasteiger charge is -2.30. The van der Waals surface area contributed by atoms with Crippen LogP contribution in [0.5, 0.6) is 0 Å². The predicted molar refractivity (Wildman–Crippen MR) is 107 cm³/mol. The van der Waals surface area contributed by atoms with Gasteiger partial charge < -0.3 is 4.90 Å². The predicted octanol–water partition coefficient (Wildman–Crippen LogP) is 3.34. The molecule has 1 fully saturated rings. The van der Waals surface area contributed by atoms with Crippen LogP contribution in [-0.2, 0) is 0 Å². The summed E-state index contributed by atoms with van der Waals surface area (Å²) in [5.41, 5.74) is 3.16. The SMILES string of the molecule is Cc1cnc(C(=O)N2CCC(c3nc(C)c(-c4ccnc(C)n4)s3)CC2)cn1. The number of rotatable bonds is 3. The van der Waals surface area contributed by atoms with E-state index >= 15 is 0 Å². The molecule has 8 heteroatoms. The summed E-state index contributed by atoms with van der Waals surface area (Å²) < 4.78 is 0. The van der Waals surface area contributed by atoms with Crippen molar-refractivity contribution < 1.29 is 4.79 Å². The molecule has 0 bridgehead atoms. The number of hydrogen-bond donors (Lipinski definition) is 0. The molecule has 28 heavy (non-hydrogen) atoms. The van der Waals surface area contributed by atoms with Crippen LogP contribution in [0.1, 0.15) is 51.5 Å². The van der Waals surface area contributed by atoms with Crippen molar-refractivity contribution in [1.29, 1.82) is 0 Å². The number of carbonyl (C=O) groups excluding carboxylic acids is 1. The van der Waals surface area contributed by atoms with Crippen molar-refractivity contribution in [1.82, 2.24) is 29.8 Å². The summed E-state index contributed by atoms with van der Waals surface area (Å²) >= 11 is 1.71. The largest absolute Gasteiger partial charge is 0.337 e. The van der Waals surface area contributed by atoms with E-state index in [1.54, 1.807) is 29.9 Å². The molecule has 0 saturated carbocycles. The summed E-state index contributed by atoms with van der Waals surface area (Å²) in [6.45, 7) is 7.20. The Kier molecular flexibility index (Phi) is 5.13. The van der Waals surface area contributed by atoms with Gasteiger partial charge in [0.1, 0.15) is 11.5 Å². The average Bonchev–Trinajstić information content (AvgIpc) is 3.10. The number of likely N-dealkylation sites (tertiary alicyclic amines) is 1. The van der Waals surface area contributed by atoms with Crippen molar-refractivity contribution in [3.05, 3.63) is 52.6 Å². The van der Waals surface area contributed by atoms with Crippen molar-refractivity contribution in [3.63, 3.8) is 0 Å². The first-order valence-corrected chi connectivity index (χ1v) is 10.2. The van der Waals surface area contributed by atoms with E-state index in [4.69, 9.17) is 4.98 Å². The minimum atomic E-state index is -0.0431. The summed E-state index contributed by atoms with van der Waals surface area (Å²) in [6, 6.07) is 1.93. The van der Waals surface area contributed by atoms with Crippen molar-refractivity contribution in [2.75, 3.05) is 13.1 Å². The van der Waals surface area contributed by atoms with Gasteiger partial charge in [-0.2, -0.15) is 0 Å². The summed E-state index contributed by atoms with van der Waals surface area (Å²) in [7, 11) is 0. The normalized spacial score (nSPS) is 15.0. The number of piperidine rings is 1. The van der Waals surface area contributed by atoms with Crippen LogP contribution in [0.3, 0.4) is 0 Å². The van der Waals surface area contributed by atoms with Crippen LogP contribution in [0.4, 0.5) is 0 Å². The molecule has 0 N–H and O–H groups in total. The van der Waals surface area contributed by atoms with Gasteiger partial charge in [0, 0.05) is 31.4 Å². The molecule has 4 rings (SSSR count). The quantitative estimate of drug-likeness (QED) is 0.677. The highest BCUT2D eigenvalue weighted by molar-refractivity contribution is 7.15. The van der Waals surface area contributed by atoms with Gasteiger partial charge in [0.2, 0.25) is 0 Å². The topological polar surface area (TPSA) is 84.8 Å². The van der Waals surface area contributed by atoms with E-state index in [2.05, 4.69) is 19.9 Å². The molecule has 0 aliphatic carbocycles. The summed E-state index contributed by atoms with van der Waals surface area (Å²) in [6.07, 6.45) is 6.79. The zero-order valence-corrected chi connectivity index (χ0v) is 17.0. The summed E-state index contributed by atoms with van der Waals surface area (Å²) in [5.74, 6) is 1.09. The van der Waals surface area contributed by atoms with Gasteiger partial charge in [0.25, 0.3) is 5.91 Å². The molecule has 4 heterocycles. The Morgan fingerprint density at radius 3 is 2.54 bits per heavy atom. The molecule has 144 valence electrons. The third kappa shape index (κ3) is 3.77. The first kappa shape index (κ1) is 18.6. The van der Waals surface area contributed by atoms with Gasteiger partial charge in [-0.1, -0.05) is 0 Å². The molecular formula is C20H22N6OS. The van der Waals surface area contributed by atoms with Crippen LogP contribution < -0.4 is 0 Å². The second kappa shape index (κ2) is 7.71. The number of nitrogens with zero attached hydrogens (tertiary/aromatic N) is 6. The molecule has 1 aliphatic heterocycles.